The maximum absolute atomic E-state index is 3.94. The molecule has 0 amide bonds. The van der Waals surface area contributed by atoms with E-state index in [9.17, 15) is 0 Å². The van der Waals surface area contributed by atoms with Crippen molar-refractivity contribution in [1.82, 2.24) is 0 Å². The molecular formula is C20H20. The lowest BCUT2D eigenvalue weighted by Crippen LogP contribution is -2.05. The molecule has 0 unspecified atom stereocenters. The monoisotopic (exact) mass is 260 g/mol. The SMILES string of the molecule is C=CCc1c2c(c(CC=C)c3ccccc13)CCC=C2. The fourth-order valence-electron chi connectivity index (χ4n) is 3.32. The maximum atomic E-state index is 3.94. The lowest BCUT2D eigenvalue weighted by molar-refractivity contribution is 0.959. The minimum Gasteiger partial charge on any atom is -0.103 e. The molecule has 100 valence electrons. The fourth-order valence-corrected chi connectivity index (χ4v) is 3.32. The molecule has 2 aromatic rings. The Morgan fingerprint density at radius 2 is 1.60 bits per heavy atom. The van der Waals surface area contributed by atoms with Gasteiger partial charge >= 0.3 is 0 Å². The van der Waals surface area contributed by atoms with Crippen molar-refractivity contribution in [1.29, 1.82) is 0 Å². The van der Waals surface area contributed by atoms with Crippen LogP contribution in [-0.4, -0.2) is 0 Å². The standard InChI is InChI=1S/C20H20/c1-3-9-15-17-11-5-7-13-19(17)16(10-4-2)20-14-8-6-12-18(15)20/h3-7,11-13H,1-2,8-10,14H2. The topological polar surface area (TPSA) is 0 Å². The average molecular weight is 260 g/mol. The highest BCUT2D eigenvalue weighted by Gasteiger charge is 2.17. The van der Waals surface area contributed by atoms with E-state index in [0.717, 1.165) is 25.7 Å². The van der Waals surface area contributed by atoms with Crippen molar-refractivity contribution < 1.29 is 0 Å². The number of hydrogen-bond acceptors (Lipinski definition) is 0. The molecule has 20 heavy (non-hydrogen) atoms. The second-order valence-corrected chi connectivity index (χ2v) is 5.32. The smallest absolute Gasteiger partial charge is 0.00879 e. The van der Waals surface area contributed by atoms with Gasteiger partial charge in [0, 0.05) is 0 Å². The molecule has 0 aliphatic heterocycles. The number of rotatable bonds is 4. The zero-order chi connectivity index (χ0) is 13.9. The molecule has 0 bridgehead atoms. The normalized spacial score (nSPS) is 13.2. The zero-order valence-corrected chi connectivity index (χ0v) is 11.9. The molecule has 0 spiro atoms. The van der Waals surface area contributed by atoms with Crippen LogP contribution in [0.4, 0.5) is 0 Å². The maximum Gasteiger partial charge on any atom is -0.00879 e. The van der Waals surface area contributed by atoms with E-state index < -0.39 is 0 Å². The van der Waals surface area contributed by atoms with E-state index in [1.807, 2.05) is 12.2 Å². The van der Waals surface area contributed by atoms with Gasteiger partial charge in [-0.1, -0.05) is 48.6 Å². The van der Waals surface area contributed by atoms with Gasteiger partial charge in [-0.05, 0) is 58.7 Å². The summed E-state index contributed by atoms with van der Waals surface area (Å²) in [4.78, 5) is 0. The van der Waals surface area contributed by atoms with Crippen LogP contribution in [0.1, 0.15) is 28.7 Å². The van der Waals surface area contributed by atoms with Crippen molar-refractivity contribution in [2.45, 2.75) is 25.7 Å². The first-order valence-electron chi connectivity index (χ1n) is 7.30. The van der Waals surface area contributed by atoms with Crippen LogP contribution in [0.2, 0.25) is 0 Å². The third-order valence-corrected chi connectivity index (χ3v) is 4.13. The number of fused-ring (bicyclic) bond motifs is 2. The van der Waals surface area contributed by atoms with Gasteiger partial charge in [-0.2, -0.15) is 0 Å². The van der Waals surface area contributed by atoms with Gasteiger partial charge in [-0.25, -0.2) is 0 Å². The van der Waals surface area contributed by atoms with Crippen LogP contribution in [0.15, 0.2) is 55.7 Å². The molecular weight excluding hydrogens is 240 g/mol. The first-order chi connectivity index (χ1) is 9.86. The highest BCUT2D eigenvalue weighted by atomic mass is 14.2. The second-order valence-electron chi connectivity index (χ2n) is 5.32. The van der Waals surface area contributed by atoms with Crippen LogP contribution in [0, 0.1) is 0 Å². The molecule has 0 N–H and O–H groups in total. The minimum atomic E-state index is 0.932. The van der Waals surface area contributed by atoms with Crippen molar-refractivity contribution in [3.05, 3.63) is 77.9 Å². The Bertz CT molecular complexity index is 702. The summed E-state index contributed by atoms with van der Waals surface area (Å²) in [5.41, 5.74) is 5.83. The van der Waals surface area contributed by atoms with Gasteiger partial charge < -0.3 is 0 Å². The van der Waals surface area contributed by atoms with Crippen molar-refractivity contribution >= 4 is 16.8 Å². The Hall–Kier alpha value is -2.08. The van der Waals surface area contributed by atoms with E-state index in [1.54, 1.807) is 0 Å². The van der Waals surface area contributed by atoms with E-state index >= 15 is 0 Å². The van der Waals surface area contributed by atoms with Crippen molar-refractivity contribution in [3.8, 4) is 0 Å². The van der Waals surface area contributed by atoms with Crippen LogP contribution in [0.3, 0.4) is 0 Å². The summed E-state index contributed by atoms with van der Waals surface area (Å²) in [5, 5.41) is 2.76. The molecule has 0 saturated heterocycles. The van der Waals surface area contributed by atoms with Gasteiger partial charge in [0.1, 0.15) is 0 Å². The largest absolute Gasteiger partial charge is 0.103 e. The highest BCUT2D eigenvalue weighted by Crippen LogP contribution is 2.35. The molecule has 0 heteroatoms. The number of allylic oxidation sites excluding steroid dienone is 3. The lowest BCUT2D eigenvalue weighted by atomic mass is 9.82. The summed E-state index contributed by atoms with van der Waals surface area (Å²) in [7, 11) is 0. The van der Waals surface area contributed by atoms with E-state index in [2.05, 4.69) is 49.6 Å². The molecule has 0 saturated carbocycles. The Labute approximate surface area is 121 Å². The summed E-state index contributed by atoms with van der Waals surface area (Å²) in [6.45, 7) is 7.87. The van der Waals surface area contributed by atoms with Gasteiger partial charge in [0.25, 0.3) is 0 Å². The second kappa shape index (κ2) is 5.50. The van der Waals surface area contributed by atoms with Crippen LogP contribution in [0.5, 0.6) is 0 Å². The van der Waals surface area contributed by atoms with Gasteiger partial charge in [0.15, 0.2) is 0 Å². The quantitative estimate of drug-likeness (QED) is 0.658. The summed E-state index contributed by atoms with van der Waals surface area (Å²) in [6.07, 6.45) is 12.8. The zero-order valence-electron chi connectivity index (χ0n) is 11.9. The summed E-state index contributed by atoms with van der Waals surface area (Å²) in [5.74, 6) is 0. The number of benzene rings is 2. The highest BCUT2D eigenvalue weighted by molar-refractivity contribution is 5.94. The Morgan fingerprint density at radius 1 is 0.950 bits per heavy atom. The van der Waals surface area contributed by atoms with Gasteiger partial charge in [0.05, 0.1) is 0 Å². The van der Waals surface area contributed by atoms with Crippen molar-refractivity contribution in [2.24, 2.45) is 0 Å². The Morgan fingerprint density at radius 3 is 2.30 bits per heavy atom. The average Bonchev–Trinajstić information content (AvgIpc) is 2.50. The molecule has 0 aromatic heterocycles. The minimum absolute atomic E-state index is 0.932. The third-order valence-electron chi connectivity index (χ3n) is 4.13. The van der Waals surface area contributed by atoms with Crippen molar-refractivity contribution in [2.75, 3.05) is 0 Å². The fraction of sp³-hybridized carbons (Fsp3) is 0.200. The summed E-state index contributed by atoms with van der Waals surface area (Å²) >= 11 is 0. The van der Waals surface area contributed by atoms with Crippen LogP contribution in [0.25, 0.3) is 16.8 Å². The molecule has 0 fully saturated rings. The van der Waals surface area contributed by atoms with E-state index in [1.165, 1.54) is 33.0 Å². The van der Waals surface area contributed by atoms with E-state index in [-0.39, 0.29) is 0 Å². The van der Waals surface area contributed by atoms with Crippen molar-refractivity contribution in [3.63, 3.8) is 0 Å². The lowest BCUT2D eigenvalue weighted by Gasteiger charge is -2.22. The molecule has 0 radical (unpaired) electrons. The predicted molar refractivity (Wildman–Crippen MR) is 89.1 cm³/mol. The van der Waals surface area contributed by atoms with E-state index in [0.29, 0.717) is 0 Å². The molecule has 0 heterocycles. The Balaban J connectivity index is 2.42. The third kappa shape index (κ3) is 2.02. The first kappa shape index (κ1) is 12.9. The van der Waals surface area contributed by atoms with Gasteiger partial charge in [0.2, 0.25) is 0 Å². The number of hydrogen-bond donors (Lipinski definition) is 0. The predicted octanol–water partition coefficient (Wildman–Crippen LogP) is 5.26. The molecule has 2 aromatic carbocycles. The summed E-state index contributed by atoms with van der Waals surface area (Å²) in [6, 6.07) is 8.76. The molecule has 1 aliphatic carbocycles. The van der Waals surface area contributed by atoms with Crippen LogP contribution in [-0.2, 0) is 19.3 Å². The molecule has 0 nitrogen and oxygen atoms in total. The van der Waals surface area contributed by atoms with Crippen LogP contribution >= 0.6 is 0 Å². The summed E-state index contributed by atoms with van der Waals surface area (Å²) < 4.78 is 0. The molecule has 3 rings (SSSR count). The molecule has 0 atom stereocenters. The van der Waals surface area contributed by atoms with Gasteiger partial charge in [-0.15, -0.1) is 13.2 Å². The van der Waals surface area contributed by atoms with E-state index in [4.69, 9.17) is 0 Å². The van der Waals surface area contributed by atoms with Crippen LogP contribution < -0.4 is 0 Å². The first-order valence-corrected chi connectivity index (χ1v) is 7.30. The Kier molecular flexibility index (Phi) is 3.56. The van der Waals surface area contributed by atoms with Gasteiger partial charge in [-0.3, -0.25) is 0 Å². The molecule has 1 aliphatic rings.